The Morgan fingerprint density at radius 1 is 0.684 bits per heavy atom. The number of nitrogens with zero attached hydrogens (tertiary/aromatic N) is 2. The second kappa shape index (κ2) is 16.1. The van der Waals surface area contributed by atoms with Crippen LogP contribution in [-0.2, 0) is 25.7 Å². The Labute approximate surface area is 338 Å². The summed E-state index contributed by atoms with van der Waals surface area (Å²) in [6.45, 7) is 1.72. The van der Waals surface area contributed by atoms with Gasteiger partial charge in [-0.25, -0.2) is 4.39 Å². The molecular formula is C45H47FN4O6S. The minimum atomic E-state index is -0.329. The highest BCUT2D eigenvalue weighted by Gasteiger charge is 2.35. The molecule has 5 aromatic carbocycles. The van der Waals surface area contributed by atoms with Crippen LogP contribution < -0.4 is 39.1 Å². The molecule has 4 aliphatic rings. The lowest BCUT2D eigenvalue weighted by atomic mass is 9.86. The van der Waals surface area contributed by atoms with E-state index in [9.17, 15) is 4.39 Å². The molecule has 10 nitrogen and oxygen atoms in total. The fourth-order valence-electron chi connectivity index (χ4n) is 8.28. The monoisotopic (exact) mass is 790 g/mol. The molecule has 4 heterocycles. The first kappa shape index (κ1) is 38.3. The molecule has 0 saturated heterocycles. The maximum Gasteiger partial charge on any atom is 0.204 e. The van der Waals surface area contributed by atoms with Crippen molar-refractivity contribution < 1.29 is 32.8 Å². The highest BCUT2D eigenvalue weighted by atomic mass is 32.1. The number of ether oxygens (including phenoxy) is 6. The normalized spacial score (nSPS) is 17.5. The Balaban J connectivity index is 1.32. The summed E-state index contributed by atoms with van der Waals surface area (Å²) in [6, 6.07) is 24.5. The number of likely N-dealkylation sites (N-methyl/N-ethyl adjacent to an activating group) is 2. The van der Waals surface area contributed by atoms with Crippen molar-refractivity contribution in [1.82, 2.24) is 9.80 Å². The van der Waals surface area contributed by atoms with Crippen LogP contribution in [0.2, 0.25) is 0 Å². The van der Waals surface area contributed by atoms with Crippen LogP contribution in [-0.4, -0.2) is 70.5 Å². The average molecular weight is 791 g/mol. The van der Waals surface area contributed by atoms with Crippen molar-refractivity contribution in [3.05, 3.63) is 118 Å². The number of nitrogens with one attached hydrogen (secondary N) is 2. The number of hydrogen-bond donors (Lipinski definition) is 2. The molecule has 0 amide bonds. The molecule has 0 aliphatic carbocycles. The summed E-state index contributed by atoms with van der Waals surface area (Å²) in [7, 11) is 10.9. The summed E-state index contributed by atoms with van der Waals surface area (Å²) in [5, 5.41) is 6.91. The average Bonchev–Trinajstić information content (AvgIpc) is 3.21. The molecule has 2 atom stereocenters. The summed E-state index contributed by atoms with van der Waals surface area (Å²) >= 11 is 5.80. The number of methoxy groups -OCH3 is 4. The van der Waals surface area contributed by atoms with Gasteiger partial charge in [0.2, 0.25) is 5.75 Å². The molecule has 4 aliphatic heterocycles. The molecule has 0 fully saturated rings. The predicted molar refractivity (Wildman–Crippen MR) is 224 cm³/mol. The number of hydrogen-bond acceptors (Lipinski definition) is 9. The zero-order chi connectivity index (χ0) is 39.8. The van der Waals surface area contributed by atoms with E-state index in [1.165, 1.54) is 28.8 Å². The fraction of sp³-hybridized carbons (Fsp3) is 0.311. The van der Waals surface area contributed by atoms with Crippen LogP contribution in [0.15, 0.2) is 78.9 Å². The molecule has 6 bridgehead atoms. The van der Waals surface area contributed by atoms with Gasteiger partial charge in [0.05, 0.1) is 28.4 Å². The zero-order valence-corrected chi connectivity index (χ0v) is 33.8. The fourth-order valence-corrected chi connectivity index (χ4v) is 8.50. The van der Waals surface area contributed by atoms with Gasteiger partial charge in [-0.3, -0.25) is 9.80 Å². The molecule has 12 heteroatoms. The maximum absolute atomic E-state index is 13.7. The third kappa shape index (κ3) is 7.64. The van der Waals surface area contributed by atoms with Crippen molar-refractivity contribution in [3.63, 3.8) is 0 Å². The molecule has 9 rings (SSSR count). The van der Waals surface area contributed by atoms with Gasteiger partial charge in [-0.2, -0.15) is 0 Å². The molecule has 0 radical (unpaired) electrons. The second-order valence-corrected chi connectivity index (χ2v) is 15.1. The standard InChI is InChI=1S/C45H47FN4O6S/c1-49-17-15-27-21-37(51-3)40-24-33(27)35(49)19-26-7-13-32(14-8-26)55-39-23-29(34(25-38(39)52-4)48-45(57)47-31-11-9-30(46)10-12-31)20-36-42-28(16-18-50(36)2)22-41(53-5)43(54-6)44(42)56-40/h7-14,21-25,35-36H,15-20H2,1-6H3,(H2,47,48,57)/t35-,36-/m0/s1. The van der Waals surface area contributed by atoms with Gasteiger partial charge in [0.15, 0.2) is 39.6 Å². The quantitative estimate of drug-likeness (QED) is 0.162. The van der Waals surface area contributed by atoms with Gasteiger partial charge in [0.1, 0.15) is 11.6 Å². The summed E-state index contributed by atoms with van der Waals surface area (Å²) in [5.41, 5.74) is 7.99. The minimum absolute atomic E-state index is 0.110. The predicted octanol–water partition coefficient (Wildman–Crippen LogP) is 9.11. The van der Waals surface area contributed by atoms with Gasteiger partial charge < -0.3 is 39.1 Å². The number of benzene rings is 5. The molecule has 2 N–H and O–H groups in total. The Kier molecular flexibility index (Phi) is 10.8. The van der Waals surface area contributed by atoms with Crippen molar-refractivity contribution in [2.45, 2.75) is 37.8 Å². The lowest BCUT2D eigenvalue weighted by Crippen LogP contribution is -2.34. The molecule has 57 heavy (non-hydrogen) atoms. The molecule has 296 valence electrons. The van der Waals surface area contributed by atoms with Crippen LogP contribution in [0.4, 0.5) is 15.8 Å². The first-order chi connectivity index (χ1) is 27.7. The first-order valence-electron chi connectivity index (χ1n) is 19.0. The van der Waals surface area contributed by atoms with E-state index in [1.54, 1.807) is 40.6 Å². The third-order valence-electron chi connectivity index (χ3n) is 11.3. The topological polar surface area (TPSA) is 85.9 Å². The zero-order valence-electron chi connectivity index (χ0n) is 33.0. The van der Waals surface area contributed by atoms with Crippen LogP contribution in [0.3, 0.4) is 0 Å². The van der Waals surface area contributed by atoms with Crippen molar-refractivity contribution in [1.29, 1.82) is 0 Å². The number of thiocarbonyl (C=S) groups is 1. The van der Waals surface area contributed by atoms with Gasteiger partial charge >= 0.3 is 0 Å². The Morgan fingerprint density at radius 2 is 1.33 bits per heavy atom. The van der Waals surface area contributed by atoms with Gasteiger partial charge in [-0.05, 0) is 140 Å². The maximum atomic E-state index is 13.7. The highest BCUT2D eigenvalue weighted by Crippen LogP contribution is 2.52. The van der Waals surface area contributed by atoms with Crippen molar-refractivity contribution >= 4 is 28.7 Å². The second-order valence-electron chi connectivity index (χ2n) is 14.7. The van der Waals surface area contributed by atoms with Crippen molar-refractivity contribution in [2.24, 2.45) is 0 Å². The molecule has 0 aromatic heterocycles. The van der Waals surface area contributed by atoms with Gasteiger partial charge in [-0.15, -0.1) is 0 Å². The molecule has 0 saturated carbocycles. The number of rotatable bonds is 6. The summed E-state index contributed by atoms with van der Waals surface area (Å²) < 4.78 is 51.5. The lowest BCUT2D eigenvalue weighted by molar-refractivity contribution is 0.220. The SMILES string of the molecule is COc1cc(NC(=S)Nc2ccc(F)cc2)c2cc1Oc1ccc(cc1)C[C@H]1c3cc(c(OC)cc3CCN1C)Oc1c(OC)c(OC)cc3c1[C@H](C2)N(C)CC3. The largest absolute Gasteiger partial charge is 0.493 e. The molecular weight excluding hydrogens is 744 g/mol. The van der Waals surface area contributed by atoms with Crippen molar-refractivity contribution in [3.8, 4) is 46.0 Å². The summed E-state index contributed by atoms with van der Waals surface area (Å²) in [4.78, 5) is 4.74. The van der Waals surface area contributed by atoms with Crippen molar-refractivity contribution in [2.75, 3.05) is 66.3 Å². The smallest absolute Gasteiger partial charge is 0.204 e. The number of halogens is 1. The Morgan fingerprint density at radius 3 is 2.04 bits per heavy atom. The van der Waals surface area contributed by atoms with Gasteiger partial charge in [-0.1, -0.05) is 12.1 Å². The highest BCUT2D eigenvalue weighted by molar-refractivity contribution is 7.80. The van der Waals surface area contributed by atoms with Crippen LogP contribution in [0.1, 0.15) is 45.5 Å². The Hall–Kier alpha value is -5.56. The van der Waals surface area contributed by atoms with E-state index in [0.29, 0.717) is 63.2 Å². The van der Waals surface area contributed by atoms with E-state index < -0.39 is 0 Å². The van der Waals surface area contributed by atoms with E-state index in [4.69, 9.17) is 40.6 Å². The van der Waals surface area contributed by atoms with Gasteiger partial charge in [0.25, 0.3) is 0 Å². The summed E-state index contributed by atoms with van der Waals surface area (Å²) in [6.07, 6.45) is 2.98. The van der Waals surface area contributed by atoms with Crippen LogP contribution in [0, 0.1) is 5.82 Å². The van der Waals surface area contributed by atoms with E-state index in [2.05, 4.69) is 64.9 Å². The summed E-state index contributed by atoms with van der Waals surface area (Å²) in [5.74, 6) is 4.37. The molecule has 5 aromatic rings. The lowest BCUT2D eigenvalue weighted by Gasteiger charge is -2.37. The Bertz CT molecular complexity index is 2300. The number of anilines is 2. The van der Waals surface area contributed by atoms with E-state index in [0.717, 1.165) is 54.7 Å². The van der Waals surface area contributed by atoms with E-state index in [1.807, 2.05) is 24.3 Å². The van der Waals surface area contributed by atoms with Crippen LogP contribution in [0.5, 0.6) is 46.0 Å². The number of fused-ring (bicyclic) bond motifs is 2. The molecule has 0 unspecified atom stereocenters. The minimum Gasteiger partial charge on any atom is -0.493 e. The first-order valence-corrected chi connectivity index (χ1v) is 19.4. The van der Waals surface area contributed by atoms with E-state index in [-0.39, 0.29) is 17.9 Å². The molecule has 0 spiro atoms. The van der Waals surface area contributed by atoms with Gasteiger partial charge in [0, 0.05) is 48.2 Å². The third-order valence-corrected chi connectivity index (χ3v) is 11.5. The van der Waals surface area contributed by atoms with E-state index >= 15 is 0 Å². The van der Waals surface area contributed by atoms with Crippen LogP contribution >= 0.6 is 12.2 Å². The van der Waals surface area contributed by atoms with Crippen LogP contribution in [0.25, 0.3) is 0 Å².